The third kappa shape index (κ3) is 13.1. The Bertz CT molecular complexity index is 622. The Labute approximate surface area is 218 Å². The van der Waals surface area contributed by atoms with Crippen LogP contribution in [-0.2, 0) is 5.41 Å². The predicted octanol–water partition coefficient (Wildman–Crippen LogP) is 10.1. The second kappa shape index (κ2) is 20.1. The van der Waals surface area contributed by atoms with Crippen molar-refractivity contribution < 1.29 is 9.84 Å². The largest absolute Gasteiger partial charge is 0.506 e. The summed E-state index contributed by atoms with van der Waals surface area (Å²) in [6, 6.07) is 3.67. The van der Waals surface area contributed by atoms with Crippen molar-refractivity contribution in [2.45, 2.75) is 149 Å². The molecule has 0 aliphatic carbocycles. The monoisotopic (exact) mass is 497 g/mol. The van der Waals surface area contributed by atoms with Gasteiger partial charge in [0, 0.05) is 11.6 Å². The van der Waals surface area contributed by atoms with Crippen LogP contribution in [0.2, 0.25) is 0 Å². The van der Waals surface area contributed by atoms with Gasteiger partial charge in [-0.2, -0.15) is 0 Å². The van der Waals surface area contributed by atoms with Crippen LogP contribution < -0.4 is 10.5 Å². The number of phenolic OH excluding ortho intramolecular Hbond substituents is 1. The average molecular weight is 498 g/mol. The van der Waals surface area contributed by atoms with E-state index < -0.39 is 0 Å². The number of aromatic hydroxyl groups is 1. The third-order valence-electron chi connectivity index (χ3n) is 7.40. The number of nitrogens with two attached hydrogens (primary N) is 1. The zero-order chi connectivity index (χ0) is 24.4. The first-order valence-electron chi connectivity index (χ1n) is 14.2. The number of nitrogen functional groups attached to an aromatic ring is 1. The van der Waals surface area contributed by atoms with Gasteiger partial charge in [-0.3, -0.25) is 0 Å². The van der Waals surface area contributed by atoms with Crippen LogP contribution in [0, 0.1) is 0 Å². The van der Waals surface area contributed by atoms with Crippen molar-refractivity contribution in [3.8, 4) is 11.5 Å². The molecule has 3 N–H and O–H groups in total. The summed E-state index contributed by atoms with van der Waals surface area (Å²) >= 11 is 0. The van der Waals surface area contributed by atoms with E-state index in [-0.39, 0.29) is 23.6 Å². The number of anilines is 1. The van der Waals surface area contributed by atoms with Gasteiger partial charge >= 0.3 is 0 Å². The molecule has 200 valence electrons. The van der Waals surface area contributed by atoms with E-state index >= 15 is 0 Å². The van der Waals surface area contributed by atoms with E-state index in [1.165, 1.54) is 96.3 Å². The standard InChI is InChI=1S/C30H55NO2.ClH/c1-5-8-10-11-12-13-14-15-16-17-18-19-20-21-23-33-29-25-28(32)27(31)24-26(29)30(4,7-3)22-9-6-2;/h24-25,32H,5-23,31H2,1-4H3;1H. The van der Waals surface area contributed by atoms with Crippen LogP contribution in [-0.4, -0.2) is 11.7 Å². The summed E-state index contributed by atoms with van der Waals surface area (Å²) in [5.41, 5.74) is 7.68. The molecule has 1 unspecified atom stereocenters. The lowest BCUT2D eigenvalue weighted by atomic mass is 9.75. The number of hydrogen-bond donors (Lipinski definition) is 2. The van der Waals surface area contributed by atoms with Crippen LogP contribution in [0.15, 0.2) is 12.1 Å². The topological polar surface area (TPSA) is 55.5 Å². The summed E-state index contributed by atoms with van der Waals surface area (Å²) in [5, 5.41) is 10.2. The highest BCUT2D eigenvalue weighted by Gasteiger charge is 2.28. The van der Waals surface area contributed by atoms with Gasteiger partial charge in [-0.15, -0.1) is 12.4 Å². The van der Waals surface area contributed by atoms with Crippen LogP contribution in [0.4, 0.5) is 5.69 Å². The molecule has 0 spiro atoms. The van der Waals surface area contributed by atoms with Crippen LogP contribution in [0.1, 0.15) is 149 Å². The minimum atomic E-state index is 0. The Morgan fingerprint density at radius 1 is 0.735 bits per heavy atom. The van der Waals surface area contributed by atoms with Gasteiger partial charge in [0.15, 0.2) is 0 Å². The molecule has 0 saturated heterocycles. The maximum atomic E-state index is 10.2. The van der Waals surface area contributed by atoms with Gasteiger partial charge in [-0.25, -0.2) is 0 Å². The van der Waals surface area contributed by atoms with Gasteiger partial charge in [0.1, 0.15) is 11.5 Å². The number of phenols is 1. The van der Waals surface area contributed by atoms with Crippen molar-refractivity contribution in [2.75, 3.05) is 12.3 Å². The van der Waals surface area contributed by atoms with Gasteiger partial charge in [-0.1, -0.05) is 124 Å². The molecule has 0 saturated carbocycles. The number of ether oxygens (including phenoxy) is 1. The lowest BCUT2D eigenvalue weighted by molar-refractivity contribution is 0.287. The molecule has 0 bridgehead atoms. The minimum Gasteiger partial charge on any atom is -0.506 e. The first kappa shape index (κ1) is 32.9. The molecule has 0 heterocycles. The average Bonchev–Trinajstić information content (AvgIpc) is 2.82. The van der Waals surface area contributed by atoms with E-state index in [1.807, 2.05) is 6.07 Å². The lowest BCUT2D eigenvalue weighted by Crippen LogP contribution is -2.22. The van der Waals surface area contributed by atoms with Gasteiger partial charge in [0.05, 0.1) is 12.3 Å². The SMILES string of the molecule is CCCCCCCCCCCCCCCCOc1cc(O)c(N)cc1C(C)(CC)CCCC.Cl. The molecule has 0 amide bonds. The molecule has 1 aromatic rings. The van der Waals surface area contributed by atoms with Crippen molar-refractivity contribution >= 4 is 18.1 Å². The minimum absolute atomic E-state index is 0. The van der Waals surface area contributed by atoms with Gasteiger partial charge in [-0.05, 0) is 30.7 Å². The highest BCUT2D eigenvalue weighted by Crippen LogP contribution is 2.42. The van der Waals surface area contributed by atoms with Crippen molar-refractivity contribution in [3.05, 3.63) is 17.7 Å². The maximum absolute atomic E-state index is 10.2. The first-order valence-corrected chi connectivity index (χ1v) is 14.2. The Hall–Kier alpha value is -1.09. The summed E-state index contributed by atoms with van der Waals surface area (Å²) in [5.74, 6) is 0.945. The summed E-state index contributed by atoms with van der Waals surface area (Å²) in [4.78, 5) is 0. The Kier molecular flexibility index (Phi) is 19.5. The Balaban J connectivity index is 0.0000109. The Morgan fingerprint density at radius 2 is 1.21 bits per heavy atom. The molecule has 0 radical (unpaired) electrons. The molecular weight excluding hydrogens is 442 g/mol. The van der Waals surface area contributed by atoms with Crippen molar-refractivity contribution in [2.24, 2.45) is 0 Å². The molecular formula is C30H56ClNO2. The van der Waals surface area contributed by atoms with E-state index in [4.69, 9.17) is 10.5 Å². The number of unbranched alkanes of at least 4 members (excludes halogenated alkanes) is 14. The van der Waals surface area contributed by atoms with Crippen LogP contribution in [0.25, 0.3) is 0 Å². The summed E-state index contributed by atoms with van der Waals surface area (Å²) in [6.45, 7) is 9.76. The molecule has 34 heavy (non-hydrogen) atoms. The van der Waals surface area contributed by atoms with Crippen molar-refractivity contribution in [1.29, 1.82) is 0 Å². The van der Waals surface area contributed by atoms with E-state index in [0.717, 1.165) is 30.6 Å². The zero-order valence-corrected chi connectivity index (χ0v) is 23.7. The molecule has 3 nitrogen and oxygen atoms in total. The smallest absolute Gasteiger partial charge is 0.142 e. The summed E-state index contributed by atoms with van der Waals surface area (Å²) in [7, 11) is 0. The number of rotatable bonds is 21. The van der Waals surface area contributed by atoms with E-state index in [2.05, 4.69) is 27.7 Å². The third-order valence-corrected chi connectivity index (χ3v) is 7.40. The maximum Gasteiger partial charge on any atom is 0.142 e. The number of benzene rings is 1. The van der Waals surface area contributed by atoms with Gasteiger partial charge in [0.2, 0.25) is 0 Å². The predicted molar refractivity (Wildman–Crippen MR) is 153 cm³/mol. The number of hydrogen-bond acceptors (Lipinski definition) is 3. The van der Waals surface area contributed by atoms with E-state index in [0.29, 0.717) is 12.3 Å². The summed E-state index contributed by atoms with van der Waals surface area (Å²) < 4.78 is 6.19. The normalized spacial score (nSPS) is 12.8. The molecule has 1 atom stereocenters. The van der Waals surface area contributed by atoms with Crippen LogP contribution in [0.3, 0.4) is 0 Å². The van der Waals surface area contributed by atoms with Gasteiger partial charge < -0.3 is 15.6 Å². The van der Waals surface area contributed by atoms with E-state index in [1.54, 1.807) is 6.07 Å². The highest BCUT2D eigenvalue weighted by molar-refractivity contribution is 5.85. The fraction of sp³-hybridized carbons (Fsp3) is 0.800. The fourth-order valence-corrected chi connectivity index (χ4v) is 4.72. The molecule has 0 fully saturated rings. The molecule has 1 rings (SSSR count). The van der Waals surface area contributed by atoms with Gasteiger partial charge in [0.25, 0.3) is 0 Å². The Morgan fingerprint density at radius 3 is 1.68 bits per heavy atom. The number of halogens is 1. The van der Waals surface area contributed by atoms with Crippen molar-refractivity contribution in [3.63, 3.8) is 0 Å². The second-order valence-electron chi connectivity index (χ2n) is 10.4. The lowest BCUT2D eigenvalue weighted by Gasteiger charge is -2.31. The highest BCUT2D eigenvalue weighted by atomic mass is 35.5. The fourth-order valence-electron chi connectivity index (χ4n) is 4.72. The quantitative estimate of drug-likeness (QED) is 0.101. The molecule has 0 aliphatic heterocycles. The summed E-state index contributed by atoms with van der Waals surface area (Å²) in [6.07, 6.45) is 23.5. The zero-order valence-electron chi connectivity index (χ0n) is 22.9. The second-order valence-corrected chi connectivity index (χ2v) is 10.4. The first-order chi connectivity index (χ1) is 16.0. The van der Waals surface area contributed by atoms with Crippen molar-refractivity contribution in [1.82, 2.24) is 0 Å². The molecule has 0 aliphatic rings. The van der Waals surface area contributed by atoms with E-state index in [9.17, 15) is 5.11 Å². The van der Waals surface area contributed by atoms with Crippen LogP contribution >= 0.6 is 12.4 Å². The molecule has 4 heteroatoms. The molecule has 0 aromatic heterocycles. The van der Waals surface area contributed by atoms with Crippen LogP contribution in [0.5, 0.6) is 11.5 Å². The molecule has 1 aromatic carbocycles.